The summed E-state index contributed by atoms with van der Waals surface area (Å²) in [4.78, 5) is 12.5. The Kier molecular flexibility index (Phi) is 4.82. The summed E-state index contributed by atoms with van der Waals surface area (Å²) in [6, 6.07) is 14.5. The van der Waals surface area contributed by atoms with Crippen LogP contribution < -0.4 is 14.8 Å². The molecule has 0 saturated carbocycles. The van der Waals surface area contributed by atoms with Gasteiger partial charge in [-0.1, -0.05) is 18.2 Å². The van der Waals surface area contributed by atoms with Crippen molar-refractivity contribution in [2.45, 2.75) is 13.0 Å². The van der Waals surface area contributed by atoms with Crippen molar-refractivity contribution in [3.8, 4) is 11.5 Å². The fraction of sp³-hybridized carbons (Fsp3) is 0.235. The minimum atomic E-state index is -0.328. The number of hydrogen-bond donors (Lipinski definition) is 1. The molecule has 1 unspecified atom stereocenters. The summed E-state index contributed by atoms with van der Waals surface area (Å²) in [5.74, 6) is 1.16. The Labute approximate surface area is 124 Å². The first-order valence-electron chi connectivity index (χ1n) is 6.73. The Morgan fingerprint density at radius 3 is 2.29 bits per heavy atom. The SMILES string of the molecule is COc1ccc(C(=O)C(C)Nc2ccccc2)cc1OC. The highest BCUT2D eigenvalue weighted by Gasteiger charge is 2.17. The molecule has 0 spiro atoms. The van der Waals surface area contributed by atoms with Crippen molar-refractivity contribution in [2.24, 2.45) is 0 Å². The number of benzene rings is 2. The van der Waals surface area contributed by atoms with Crippen LogP contribution in [0.5, 0.6) is 11.5 Å². The Morgan fingerprint density at radius 2 is 1.67 bits per heavy atom. The van der Waals surface area contributed by atoms with Crippen LogP contribution in [-0.4, -0.2) is 26.0 Å². The molecule has 0 bridgehead atoms. The molecule has 2 aromatic rings. The molecule has 0 aliphatic heterocycles. The number of methoxy groups -OCH3 is 2. The van der Waals surface area contributed by atoms with E-state index in [9.17, 15) is 4.79 Å². The molecule has 0 heterocycles. The lowest BCUT2D eigenvalue weighted by atomic mass is 10.0. The van der Waals surface area contributed by atoms with Crippen LogP contribution in [0.25, 0.3) is 0 Å². The van der Waals surface area contributed by atoms with E-state index in [-0.39, 0.29) is 11.8 Å². The molecule has 21 heavy (non-hydrogen) atoms. The van der Waals surface area contributed by atoms with Crippen LogP contribution in [0.15, 0.2) is 48.5 Å². The quantitative estimate of drug-likeness (QED) is 0.826. The number of para-hydroxylation sites is 1. The summed E-state index contributed by atoms with van der Waals surface area (Å²) in [5, 5.41) is 3.18. The molecule has 0 aliphatic carbocycles. The number of carbonyl (C=O) groups excluding carboxylic acids is 1. The summed E-state index contributed by atoms with van der Waals surface area (Å²) in [6.45, 7) is 1.84. The van der Waals surface area contributed by atoms with Crippen LogP contribution in [0.1, 0.15) is 17.3 Å². The smallest absolute Gasteiger partial charge is 0.184 e. The molecule has 0 aromatic heterocycles. The highest BCUT2D eigenvalue weighted by molar-refractivity contribution is 6.01. The number of carbonyl (C=O) groups is 1. The molecule has 4 nitrogen and oxygen atoms in total. The third-order valence-electron chi connectivity index (χ3n) is 3.22. The predicted octanol–water partition coefficient (Wildman–Crippen LogP) is 3.39. The first-order valence-corrected chi connectivity index (χ1v) is 6.73. The summed E-state index contributed by atoms with van der Waals surface area (Å²) in [5.41, 5.74) is 1.50. The van der Waals surface area contributed by atoms with E-state index in [1.807, 2.05) is 37.3 Å². The van der Waals surface area contributed by atoms with E-state index in [1.54, 1.807) is 32.4 Å². The summed E-state index contributed by atoms with van der Waals surface area (Å²) < 4.78 is 10.4. The second-order valence-electron chi connectivity index (χ2n) is 4.67. The zero-order valence-electron chi connectivity index (χ0n) is 12.4. The van der Waals surface area contributed by atoms with Crippen molar-refractivity contribution in [3.63, 3.8) is 0 Å². The summed E-state index contributed by atoms with van der Waals surface area (Å²) in [6.07, 6.45) is 0. The van der Waals surface area contributed by atoms with Gasteiger partial charge >= 0.3 is 0 Å². The number of ketones is 1. The highest BCUT2D eigenvalue weighted by Crippen LogP contribution is 2.28. The zero-order chi connectivity index (χ0) is 15.2. The molecule has 0 aliphatic rings. The van der Waals surface area contributed by atoms with Crippen molar-refractivity contribution in [3.05, 3.63) is 54.1 Å². The molecule has 1 atom stereocenters. The molecular formula is C17H19NO3. The van der Waals surface area contributed by atoms with Crippen LogP contribution in [0.3, 0.4) is 0 Å². The predicted molar refractivity (Wildman–Crippen MR) is 83.4 cm³/mol. The van der Waals surface area contributed by atoms with Crippen molar-refractivity contribution in [1.82, 2.24) is 0 Å². The molecular weight excluding hydrogens is 266 g/mol. The monoisotopic (exact) mass is 285 g/mol. The van der Waals surface area contributed by atoms with Gasteiger partial charge in [-0.15, -0.1) is 0 Å². The molecule has 2 aromatic carbocycles. The molecule has 110 valence electrons. The number of hydrogen-bond acceptors (Lipinski definition) is 4. The molecule has 0 saturated heterocycles. The van der Waals surface area contributed by atoms with Crippen molar-refractivity contribution >= 4 is 11.5 Å². The van der Waals surface area contributed by atoms with Gasteiger partial charge in [-0.25, -0.2) is 0 Å². The standard InChI is InChI=1S/C17H19NO3/c1-12(18-14-7-5-4-6-8-14)17(19)13-9-10-15(20-2)16(11-13)21-3/h4-12,18H,1-3H3. The average molecular weight is 285 g/mol. The van der Waals surface area contributed by atoms with Gasteiger partial charge in [0, 0.05) is 11.3 Å². The second-order valence-corrected chi connectivity index (χ2v) is 4.67. The van der Waals surface area contributed by atoms with Crippen LogP contribution in [-0.2, 0) is 0 Å². The number of ether oxygens (including phenoxy) is 2. The minimum Gasteiger partial charge on any atom is -0.493 e. The van der Waals surface area contributed by atoms with Gasteiger partial charge < -0.3 is 14.8 Å². The normalized spacial score (nSPS) is 11.6. The first-order chi connectivity index (χ1) is 10.2. The third kappa shape index (κ3) is 3.54. The maximum Gasteiger partial charge on any atom is 0.184 e. The fourth-order valence-corrected chi connectivity index (χ4v) is 2.09. The zero-order valence-corrected chi connectivity index (χ0v) is 12.4. The van der Waals surface area contributed by atoms with E-state index in [2.05, 4.69) is 5.32 Å². The van der Waals surface area contributed by atoms with Gasteiger partial charge in [0.1, 0.15) is 0 Å². The Bertz CT molecular complexity index is 611. The fourth-order valence-electron chi connectivity index (χ4n) is 2.09. The maximum atomic E-state index is 12.5. The summed E-state index contributed by atoms with van der Waals surface area (Å²) >= 11 is 0. The van der Waals surface area contributed by atoms with E-state index < -0.39 is 0 Å². The average Bonchev–Trinajstić information content (AvgIpc) is 2.54. The van der Waals surface area contributed by atoms with E-state index in [4.69, 9.17) is 9.47 Å². The molecule has 1 N–H and O–H groups in total. The largest absolute Gasteiger partial charge is 0.493 e. The molecule has 0 radical (unpaired) electrons. The highest BCUT2D eigenvalue weighted by atomic mass is 16.5. The lowest BCUT2D eigenvalue weighted by Crippen LogP contribution is -2.26. The van der Waals surface area contributed by atoms with Gasteiger partial charge in [0.2, 0.25) is 0 Å². The van der Waals surface area contributed by atoms with Crippen LogP contribution in [0.4, 0.5) is 5.69 Å². The Hall–Kier alpha value is -2.49. The van der Waals surface area contributed by atoms with Gasteiger partial charge in [0.25, 0.3) is 0 Å². The van der Waals surface area contributed by atoms with Crippen LogP contribution in [0.2, 0.25) is 0 Å². The molecule has 4 heteroatoms. The van der Waals surface area contributed by atoms with Crippen molar-refractivity contribution in [1.29, 1.82) is 0 Å². The van der Waals surface area contributed by atoms with Gasteiger partial charge in [-0.05, 0) is 37.3 Å². The number of Topliss-reactive ketones (excluding diaryl/α,β-unsaturated/α-hetero) is 1. The topological polar surface area (TPSA) is 47.6 Å². The molecule has 0 fully saturated rings. The van der Waals surface area contributed by atoms with Crippen LogP contribution >= 0.6 is 0 Å². The lowest BCUT2D eigenvalue weighted by Gasteiger charge is -2.15. The molecule has 0 amide bonds. The van der Waals surface area contributed by atoms with Gasteiger partial charge in [0.05, 0.1) is 20.3 Å². The van der Waals surface area contributed by atoms with Crippen molar-refractivity contribution < 1.29 is 14.3 Å². The first kappa shape index (κ1) is 14.9. The number of rotatable bonds is 6. The van der Waals surface area contributed by atoms with Gasteiger partial charge in [-0.2, -0.15) is 0 Å². The Morgan fingerprint density at radius 1 is 1.00 bits per heavy atom. The lowest BCUT2D eigenvalue weighted by molar-refractivity contribution is 0.0975. The Balaban J connectivity index is 2.15. The van der Waals surface area contributed by atoms with Gasteiger partial charge in [0.15, 0.2) is 17.3 Å². The van der Waals surface area contributed by atoms with Crippen LogP contribution in [0, 0.1) is 0 Å². The maximum absolute atomic E-state index is 12.5. The van der Waals surface area contributed by atoms with E-state index in [1.165, 1.54) is 0 Å². The van der Waals surface area contributed by atoms with Gasteiger partial charge in [-0.3, -0.25) is 4.79 Å². The molecule has 2 rings (SSSR count). The summed E-state index contributed by atoms with van der Waals surface area (Å²) in [7, 11) is 3.12. The minimum absolute atomic E-state index is 0.000180. The third-order valence-corrected chi connectivity index (χ3v) is 3.22. The van der Waals surface area contributed by atoms with Crippen molar-refractivity contribution in [2.75, 3.05) is 19.5 Å². The van der Waals surface area contributed by atoms with E-state index in [0.717, 1.165) is 5.69 Å². The second kappa shape index (κ2) is 6.79. The number of nitrogens with one attached hydrogen (secondary N) is 1. The number of anilines is 1. The van der Waals surface area contributed by atoms with E-state index >= 15 is 0 Å². The van der Waals surface area contributed by atoms with E-state index in [0.29, 0.717) is 17.1 Å².